The minimum Gasteiger partial charge on any atom is -0.233 e. The van der Waals surface area contributed by atoms with E-state index < -0.39 is 0 Å². The van der Waals surface area contributed by atoms with Gasteiger partial charge in [0, 0.05) is 11.8 Å². The Labute approximate surface area is 59.6 Å². The van der Waals surface area contributed by atoms with Crippen LogP contribution in [0.5, 0.6) is 0 Å². The Bertz CT molecular complexity index is 289. The van der Waals surface area contributed by atoms with Gasteiger partial charge in [-0.3, -0.25) is 0 Å². The Morgan fingerprint density at radius 1 is 1.60 bits per heavy atom. The van der Waals surface area contributed by atoms with E-state index in [1.54, 1.807) is 0 Å². The summed E-state index contributed by atoms with van der Waals surface area (Å²) < 4.78 is 0. The zero-order valence-electron chi connectivity index (χ0n) is 5.76. The Morgan fingerprint density at radius 3 is 3.30 bits per heavy atom. The second-order valence-electron chi connectivity index (χ2n) is 2.55. The third-order valence-electron chi connectivity index (χ3n) is 1.63. The van der Waals surface area contributed by atoms with E-state index in [0.29, 0.717) is 0 Å². The van der Waals surface area contributed by atoms with E-state index in [-0.39, 0.29) is 0 Å². The first-order chi connectivity index (χ1) is 4.86. The summed E-state index contributed by atoms with van der Waals surface area (Å²) in [5, 5.41) is 0. The summed E-state index contributed by atoms with van der Waals surface area (Å²) in [6, 6.07) is 0. The van der Waals surface area contributed by atoms with Gasteiger partial charge >= 0.3 is 0 Å². The van der Waals surface area contributed by atoms with Crippen molar-refractivity contribution in [1.29, 1.82) is 0 Å². The predicted octanol–water partition coefficient (Wildman–Crippen LogP) is 1.24. The van der Waals surface area contributed by atoms with Gasteiger partial charge in [0.1, 0.15) is 0 Å². The van der Waals surface area contributed by atoms with E-state index >= 15 is 0 Å². The van der Waals surface area contributed by atoms with Crippen molar-refractivity contribution in [3.63, 3.8) is 0 Å². The summed E-state index contributed by atoms with van der Waals surface area (Å²) in [5.74, 6) is 0. The fourth-order valence-electron chi connectivity index (χ4n) is 1.17. The van der Waals surface area contributed by atoms with Crippen molar-refractivity contribution in [1.82, 2.24) is 9.97 Å². The lowest BCUT2D eigenvalue weighted by Gasteiger charge is -1.91. The van der Waals surface area contributed by atoms with Gasteiger partial charge < -0.3 is 0 Å². The predicted molar refractivity (Wildman–Crippen MR) is 38.2 cm³/mol. The average Bonchev–Trinajstić information content (AvgIpc) is 2.27. The zero-order valence-corrected chi connectivity index (χ0v) is 5.76. The maximum Gasteiger partial charge on any atom is 0.198 e. The molecule has 0 bridgehead atoms. The molecular weight excluding hydrogens is 124 g/mol. The fourth-order valence-corrected chi connectivity index (χ4v) is 1.17. The van der Waals surface area contributed by atoms with Crippen LogP contribution in [0.1, 0.15) is 18.2 Å². The summed E-state index contributed by atoms with van der Waals surface area (Å²) >= 11 is 0. The number of allylic oxidation sites excluding steroid dienone is 1. The van der Waals surface area contributed by atoms with Crippen LogP contribution in [0.25, 0.3) is 6.08 Å². The van der Waals surface area contributed by atoms with Crippen LogP contribution in [0.3, 0.4) is 0 Å². The highest BCUT2D eigenvalue weighted by atomic mass is 14.8. The third-order valence-corrected chi connectivity index (χ3v) is 1.63. The van der Waals surface area contributed by atoms with Gasteiger partial charge in [-0.1, -0.05) is 5.57 Å². The number of hydrogen-bond donors (Lipinski definition) is 0. The zero-order chi connectivity index (χ0) is 6.97. The van der Waals surface area contributed by atoms with E-state index in [1.165, 1.54) is 11.1 Å². The lowest BCUT2D eigenvalue weighted by molar-refractivity contribution is 1.07. The molecule has 0 aromatic carbocycles. The van der Waals surface area contributed by atoms with E-state index in [4.69, 9.17) is 0 Å². The molecule has 0 spiro atoms. The summed E-state index contributed by atoms with van der Waals surface area (Å²) in [6.07, 6.45) is 7.48. The molecule has 1 heterocycles. The smallest absolute Gasteiger partial charge is 0.198 e. The molecule has 1 radical (unpaired) electrons. The molecule has 49 valence electrons. The maximum absolute atomic E-state index is 4.00. The Balaban J connectivity index is 2.54. The second kappa shape index (κ2) is 1.90. The highest BCUT2D eigenvalue weighted by Crippen LogP contribution is 2.20. The van der Waals surface area contributed by atoms with Crippen molar-refractivity contribution in [3.8, 4) is 0 Å². The molecular formula is C8H7N2. The van der Waals surface area contributed by atoms with E-state index in [1.807, 2.05) is 6.20 Å². The molecule has 0 aliphatic heterocycles. The number of fused-ring (bicyclic) bond motifs is 1. The highest BCUT2D eigenvalue weighted by molar-refractivity contribution is 5.58. The molecule has 2 rings (SSSR count). The SMILES string of the molecule is CC1=Cc2n[c]ncc2C1. The molecule has 2 nitrogen and oxygen atoms in total. The Morgan fingerprint density at radius 2 is 2.50 bits per heavy atom. The van der Waals surface area contributed by atoms with Gasteiger partial charge in [-0.15, -0.1) is 0 Å². The largest absolute Gasteiger partial charge is 0.233 e. The van der Waals surface area contributed by atoms with Gasteiger partial charge in [0.05, 0.1) is 5.69 Å². The Kier molecular flexibility index (Phi) is 1.07. The van der Waals surface area contributed by atoms with Crippen molar-refractivity contribution < 1.29 is 0 Å². The minimum absolute atomic E-state index is 1.00. The van der Waals surface area contributed by atoms with Gasteiger partial charge in [-0.2, -0.15) is 0 Å². The topological polar surface area (TPSA) is 25.8 Å². The molecule has 0 unspecified atom stereocenters. The molecule has 10 heavy (non-hydrogen) atoms. The molecule has 1 aliphatic carbocycles. The van der Waals surface area contributed by atoms with Crippen LogP contribution in [0, 0.1) is 6.33 Å². The molecule has 0 N–H and O–H groups in total. The van der Waals surface area contributed by atoms with Gasteiger partial charge in [-0.25, -0.2) is 9.97 Å². The second-order valence-corrected chi connectivity index (χ2v) is 2.55. The highest BCUT2D eigenvalue weighted by Gasteiger charge is 2.09. The van der Waals surface area contributed by atoms with Crippen LogP contribution in [0.2, 0.25) is 0 Å². The van der Waals surface area contributed by atoms with Crippen LogP contribution in [0.15, 0.2) is 11.8 Å². The van der Waals surface area contributed by atoms with E-state index in [0.717, 1.165) is 12.1 Å². The molecule has 2 heteroatoms. The van der Waals surface area contributed by atoms with Crippen LogP contribution in [-0.2, 0) is 6.42 Å². The van der Waals surface area contributed by atoms with Crippen LogP contribution >= 0.6 is 0 Å². The van der Waals surface area contributed by atoms with E-state index in [9.17, 15) is 0 Å². The number of rotatable bonds is 0. The summed E-state index contributed by atoms with van der Waals surface area (Å²) in [7, 11) is 0. The molecule has 0 atom stereocenters. The summed E-state index contributed by atoms with van der Waals surface area (Å²) in [4.78, 5) is 7.82. The summed E-state index contributed by atoms with van der Waals surface area (Å²) in [5.41, 5.74) is 3.60. The normalized spacial score (nSPS) is 14.7. The van der Waals surface area contributed by atoms with Gasteiger partial charge in [0.25, 0.3) is 0 Å². The van der Waals surface area contributed by atoms with Crippen LogP contribution in [-0.4, -0.2) is 9.97 Å². The van der Waals surface area contributed by atoms with Crippen LogP contribution in [0.4, 0.5) is 0 Å². The van der Waals surface area contributed by atoms with Gasteiger partial charge in [0.15, 0.2) is 6.33 Å². The first-order valence-corrected chi connectivity index (χ1v) is 3.25. The van der Waals surface area contributed by atoms with Crippen molar-refractivity contribution >= 4 is 6.08 Å². The van der Waals surface area contributed by atoms with Crippen molar-refractivity contribution in [3.05, 3.63) is 29.4 Å². The molecule has 1 aromatic rings. The molecule has 0 saturated carbocycles. The quantitative estimate of drug-likeness (QED) is 0.529. The number of aromatic nitrogens is 2. The Hall–Kier alpha value is -1.18. The van der Waals surface area contributed by atoms with Gasteiger partial charge in [-0.05, 0) is 19.4 Å². The molecule has 0 amide bonds. The standard InChI is InChI=1S/C8H7N2/c1-6-2-7-4-9-5-10-8(7)3-6/h3-4H,2H2,1H3. The lowest BCUT2D eigenvalue weighted by Crippen LogP contribution is -1.87. The lowest BCUT2D eigenvalue weighted by atomic mass is 10.2. The third kappa shape index (κ3) is 0.727. The first kappa shape index (κ1) is 5.59. The molecule has 0 fully saturated rings. The fraction of sp³-hybridized carbons (Fsp3) is 0.250. The van der Waals surface area contributed by atoms with Crippen molar-refractivity contribution in [2.24, 2.45) is 0 Å². The maximum atomic E-state index is 4.00. The average molecular weight is 131 g/mol. The first-order valence-electron chi connectivity index (χ1n) is 3.25. The van der Waals surface area contributed by atoms with Crippen molar-refractivity contribution in [2.45, 2.75) is 13.3 Å². The summed E-state index contributed by atoms with van der Waals surface area (Å²) in [6.45, 7) is 2.10. The van der Waals surface area contributed by atoms with Crippen molar-refractivity contribution in [2.75, 3.05) is 0 Å². The monoisotopic (exact) mass is 131 g/mol. The molecule has 1 aromatic heterocycles. The molecule has 0 saturated heterocycles. The number of hydrogen-bond acceptors (Lipinski definition) is 2. The number of nitrogens with zero attached hydrogens (tertiary/aromatic N) is 2. The van der Waals surface area contributed by atoms with Crippen LogP contribution < -0.4 is 0 Å². The van der Waals surface area contributed by atoms with E-state index in [2.05, 4.69) is 29.3 Å². The molecule has 1 aliphatic rings. The van der Waals surface area contributed by atoms with Gasteiger partial charge in [0.2, 0.25) is 0 Å². The minimum atomic E-state index is 1.00.